The van der Waals surface area contributed by atoms with Gasteiger partial charge >= 0.3 is 0 Å². The number of benzene rings is 1. The van der Waals surface area contributed by atoms with E-state index in [0.29, 0.717) is 0 Å². The molecular formula is C10H12N2OS. The second-order valence-electron chi connectivity index (χ2n) is 2.94. The second-order valence-corrected chi connectivity index (χ2v) is 4.06. The minimum Gasteiger partial charge on any atom is -0.494 e. The smallest absolute Gasteiger partial charge is 0.145 e. The fourth-order valence-corrected chi connectivity index (χ4v) is 2.36. The van der Waals surface area contributed by atoms with Crippen molar-refractivity contribution in [1.29, 1.82) is 0 Å². The molecule has 0 saturated carbocycles. The molecule has 0 unspecified atom stereocenters. The fourth-order valence-electron chi connectivity index (χ4n) is 1.36. The van der Waals surface area contributed by atoms with Crippen LogP contribution in [0.15, 0.2) is 18.2 Å². The Morgan fingerprint density at radius 2 is 2.36 bits per heavy atom. The molecule has 0 fully saturated rings. The molecule has 2 rings (SSSR count). The Morgan fingerprint density at radius 1 is 1.50 bits per heavy atom. The third kappa shape index (κ3) is 1.58. The van der Waals surface area contributed by atoms with E-state index in [1.165, 1.54) is 4.70 Å². The van der Waals surface area contributed by atoms with Crippen molar-refractivity contribution in [2.24, 2.45) is 0 Å². The minimum atomic E-state index is 0.808. The summed E-state index contributed by atoms with van der Waals surface area (Å²) < 4.78 is 6.42. The van der Waals surface area contributed by atoms with Gasteiger partial charge in [-0.3, -0.25) is 0 Å². The zero-order chi connectivity index (χ0) is 9.97. The lowest BCUT2D eigenvalue weighted by molar-refractivity contribution is 0.419. The van der Waals surface area contributed by atoms with Crippen LogP contribution in [0.1, 0.15) is 5.01 Å². The van der Waals surface area contributed by atoms with Crippen LogP contribution in [0.2, 0.25) is 0 Å². The van der Waals surface area contributed by atoms with E-state index in [4.69, 9.17) is 4.74 Å². The Kier molecular flexibility index (Phi) is 2.65. The third-order valence-electron chi connectivity index (χ3n) is 1.97. The first-order chi connectivity index (χ1) is 6.85. The molecule has 1 aromatic carbocycles. The lowest BCUT2D eigenvalue weighted by Gasteiger charge is -1.98. The van der Waals surface area contributed by atoms with Gasteiger partial charge in [0.2, 0.25) is 0 Å². The largest absolute Gasteiger partial charge is 0.494 e. The zero-order valence-corrected chi connectivity index (χ0v) is 9.02. The molecule has 0 spiro atoms. The molecule has 1 N–H and O–H groups in total. The number of fused-ring (bicyclic) bond motifs is 1. The van der Waals surface area contributed by atoms with Crippen LogP contribution < -0.4 is 10.1 Å². The van der Waals surface area contributed by atoms with E-state index in [-0.39, 0.29) is 0 Å². The molecule has 1 aromatic heterocycles. The van der Waals surface area contributed by atoms with Gasteiger partial charge in [-0.15, -0.1) is 11.3 Å². The van der Waals surface area contributed by atoms with Crippen LogP contribution in [0.5, 0.6) is 5.75 Å². The van der Waals surface area contributed by atoms with Gasteiger partial charge in [-0.25, -0.2) is 4.98 Å². The number of thiazole rings is 1. The summed E-state index contributed by atoms with van der Waals surface area (Å²) in [4.78, 5) is 4.50. The van der Waals surface area contributed by atoms with Gasteiger partial charge in [-0.1, -0.05) is 6.07 Å². The molecule has 0 aliphatic carbocycles. The highest BCUT2D eigenvalue weighted by Gasteiger charge is 2.06. The fraction of sp³-hybridized carbons (Fsp3) is 0.300. The van der Waals surface area contributed by atoms with Gasteiger partial charge in [0.15, 0.2) is 0 Å². The number of nitrogens with zero attached hydrogens (tertiary/aromatic N) is 1. The quantitative estimate of drug-likeness (QED) is 0.838. The van der Waals surface area contributed by atoms with Crippen molar-refractivity contribution < 1.29 is 4.74 Å². The van der Waals surface area contributed by atoms with Gasteiger partial charge in [0, 0.05) is 6.54 Å². The number of hydrogen-bond acceptors (Lipinski definition) is 4. The maximum absolute atomic E-state index is 5.24. The van der Waals surface area contributed by atoms with Crippen LogP contribution in [0, 0.1) is 0 Å². The Bertz CT molecular complexity index is 439. The lowest BCUT2D eigenvalue weighted by atomic mass is 10.3. The molecule has 4 heteroatoms. The van der Waals surface area contributed by atoms with E-state index in [1.807, 2.05) is 19.2 Å². The summed E-state index contributed by atoms with van der Waals surface area (Å²) in [5.41, 5.74) is 0.963. The van der Waals surface area contributed by atoms with Crippen LogP contribution in [0.25, 0.3) is 10.2 Å². The third-order valence-corrected chi connectivity index (χ3v) is 2.99. The van der Waals surface area contributed by atoms with E-state index < -0.39 is 0 Å². The highest BCUT2D eigenvalue weighted by Crippen LogP contribution is 2.29. The topological polar surface area (TPSA) is 34.2 Å². The van der Waals surface area contributed by atoms with Gasteiger partial charge < -0.3 is 10.1 Å². The van der Waals surface area contributed by atoms with E-state index in [9.17, 15) is 0 Å². The molecule has 3 nitrogen and oxygen atoms in total. The number of ether oxygens (including phenoxy) is 1. The summed E-state index contributed by atoms with van der Waals surface area (Å²) in [5, 5.41) is 4.18. The van der Waals surface area contributed by atoms with Crippen molar-refractivity contribution in [2.45, 2.75) is 6.54 Å². The Hall–Kier alpha value is -1.13. The van der Waals surface area contributed by atoms with Crippen LogP contribution >= 0.6 is 11.3 Å². The molecule has 0 amide bonds. The molecule has 74 valence electrons. The van der Waals surface area contributed by atoms with Gasteiger partial charge in [0.05, 0.1) is 11.8 Å². The zero-order valence-electron chi connectivity index (χ0n) is 8.20. The SMILES string of the molecule is CNCc1nc2c(OC)cccc2s1. The average molecular weight is 208 g/mol. The van der Waals surface area contributed by atoms with Crippen LogP contribution in [0.3, 0.4) is 0 Å². The Labute approximate surface area is 86.7 Å². The number of hydrogen-bond donors (Lipinski definition) is 1. The molecule has 0 saturated heterocycles. The number of para-hydroxylation sites is 1. The summed E-state index contributed by atoms with van der Waals surface area (Å²) >= 11 is 1.70. The molecule has 2 aromatic rings. The molecule has 0 bridgehead atoms. The van der Waals surface area contributed by atoms with Crippen molar-refractivity contribution in [1.82, 2.24) is 10.3 Å². The van der Waals surface area contributed by atoms with Crippen molar-refractivity contribution in [2.75, 3.05) is 14.2 Å². The van der Waals surface area contributed by atoms with Gasteiger partial charge in [0.1, 0.15) is 16.3 Å². The monoisotopic (exact) mass is 208 g/mol. The van der Waals surface area contributed by atoms with Gasteiger partial charge in [0.25, 0.3) is 0 Å². The molecule has 0 aliphatic heterocycles. The second kappa shape index (κ2) is 3.94. The summed E-state index contributed by atoms with van der Waals surface area (Å²) in [5.74, 6) is 0.848. The maximum Gasteiger partial charge on any atom is 0.145 e. The average Bonchev–Trinajstić information content (AvgIpc) is 2.60. The molecule has 14 heavy (non-hydrogen) atoms. The normalized spacial score (nSPS) is 10.7. The number of methoxy groups -OCH3 is 1. The Morgan fingerprint density at radius 3 is 3.07 bits per heavy atom. The number of nitrogens with one attached hydrogen (secondary N) is 1. The first-order valence-electron chi connectivity index (χ1n) is 4.42. The lowest BCUT2D eigenvalue weighted by Crippen LogP contribution is -2.03. The highest BCUT2D eigenvalue weighted by atomic mass is 32.1. The van der Waals surface area contributed by atoms with Crippen LogP contribution in [-0.2, 0) is 6.54 Å². The van der Waals surface area contributed by atoms with E-state index in [0.717, 1.165) is 22.8 Å². The van der Waals surface area contributed by atoms with Crippen LogP contribution in [0.4, 0.5) is 0 Å². The molecular weight excluding hydrogens is 196 g/mol. The summed E-state index contributed by atoms with van der Waals surface area (Å²) in [6, 6.07) is 5.99. The maximum atomic E-state index is 5.24. The van der Waals surface area contributed by atoms with Gasteiger partial charge in [-0.05, 0) is 19.2 Å². The predicted octanol–water partition coefficient (Wildman–Crippen LogP) is 2.02. The van der Waals surface area contributed by atoms with Crippen molar-refractivity contribution >= 4 is 21.6 Å². The summed E-state index contributed by atoms with van der Waals surface area (Å²) in [6.07, 6.45) is 0. The number of aromatic nitrogens is 1. The number of rotatable bonds is 3. The highest BCUT2D eigenvalue weighted by molar-refractivity contribution is 7.18. The summed E-state index contributed by atoms with van der Waals surface area (Å²) in [6.45, 7) is 0.808. The first-order valence-corrected chi connectivity index (χ1v) is 5.24. The molecule has 1 heterocycles. The van der Waals surface area contributed by atoms with Crippen molar-refractivity contribution in [3.05, 3.63) is 23.2 Å². The van der Waals surface area contributed by atoms with Crippen LogP contribution in [-0.4, -0.2) is 19.1 Å². The standard InChI is InChI=1S/C10H12N2OS/c1-11-6-9-12-10-7(13-2)4-3-5-8(10)14-9/h3-5,11H,6H2,1-2H3. The van der Waals surface area contributed by atoms with Crippen molar-refractivity contribution in [3.8, 4) is 5.75 Å². The summed E-state index contributed by atoms with van der Waals surface area (Å²) in [7, 11) is 3.59. The van der Waals surface area contributed by atoms with Gasteiger partial charge in [-0.2, -0.15) is 0 Å². The van der Waals surface area contributed by atoms with E-state index >= 15 is 0 Å². The molecule has 0 aliphatic rings. The predicted molar refractivity (Wildman–Crippen MR) is 58.9 cm³/mol. The van der Waals surface area contributed by atoms with Crippen molar-refractivity contribution in [3.63, 3.8) is 0 Å². The van der Waals surface area contributed by atoms with E-state index in [1.54, 1.807) is 18.4 Å². The first kappa shape index (κ1) is 9.43. The minimum absolute atomic E-state index is 0.808. The molecule has 0 atom stereocenters. The van der Waals surface area contributed by atoms with E-state index in [2.05, 4.69) is 16.4 Å². The Balaban J connectivity index is 2.52. The molecule has 0 radical (unpaired) electrons.